The van der Waals surface area contributed by atoms with Crippen molar-refractivity contribution in [3.05, 3.63) is 12.7 Å². The van der Waals surface area contributed by atoms with Gasteiger partial charge in [0.25, 0.3) is 0 Å². The van der Waals surface area contributed by atoms with Crippen molar-refractivity contribution in [2.24, 2.45) is 5.73 Å². The third-order valence-electron chi connectivity index (χ3n) is 1.12. The molecule has 0 aromatic carbocycles. The average molecular weight is 158 g/mol. The number of nitrogens with two attached hydrogens (primary N) is 1. The van der Waals surface area contributed by atoms with Crippen molar-refractivity contribution in [1.82, 2.24) is 5.32 Å². The molecule has 1 atom stereocenters. The van der Waals surface area contributed by atoms with E-state index >= 15 is 0 Å². The minimum atomic E-state index is 0.357. The normalized spacial score (nSPS) is 12.5. The molecule has 58 valence electrons. The van der Waals surface area contributed by atoms with Crippen LogP contribution in [0.15, 0.2) is 12.7 Å². The van der Waals surface area contributed by atoms with Gasteiger partial charge in [-0.25, -0.2) is 0 Å². The number of thiocarbonyl (C=S) groups is 1. The molecule has 0 amide bonds. The van der Waals surface area contributed by atoms with E-state index in [0.29, 0.717) is 11.0 Å². The minimum Gasteiger partial charge on any atom is -0.393 e. The molecule has 0 aromatic rings. The fraction of sp³-hybridized carbons (Fsp3) is 0.571. The van der Waals surface area contributed by atoms with E-state index in [0.717, 1.165) is 13.0 Å². The topological polar surface area (TPSA) is 38.0 Å². The van der Waals surface area contributed by atoms with Crippen molar-refractivity contribution < 1.29 is 0 Å². The summed E-state index contributed by atoms with van der Waals surface area (Å²) in [5.74, 6) is 0. The van der Waals surface area contributed by atoms with Crippen LogP contribution < -0.4 is 11.1 Å². The van der Waals surface area contributed by atoms with E-state index < -0.39 is 0 Å². The van der Waals surface area contributed by atoms with Gasteiger partial charge in [0.2, 0.25) is 0 Å². The second-order valence-corrected chi connectivity index (χ2v) is 2.79. The van der Waals surface area contributed by atoms with Crippen LogP contribution in [0, 0.1) is 0 Å². The largest absolute Gasteiger partial charge is 0.393 e. The fourth-order valence-corrected chi connectivity index (χ4v) is 0.908. The molecule has 0 aliphatic rings. The van der Waals surface area contributed by atoms with Crippen molar-refractivity contribution in [2.45, 2.75) is 19.4 Å². The third-order valence-corrected chi connectivity index (χ3v) is 1.28. The van der Waals surface area contributed by atoms with Gasteiger partial charge >= 0.3 is 0 Å². The summed E-state index contributed by atoms with van der Waals surface area (Å²) in [6.45, 7) is 6.44. The van der Waals surface area contributed by atoms with Gasteiger partial charge < -0.3 is 11.1 Å². The maximum Gasteiger partial charge on any atom is 0.0742 e. The highest BCUT2D eigenvalue weighted by Crippen LogP contribution is 1.89. The van der Waals surface area contributed by atoms with Crippen molar-refractivity contribution in [3.8, 4) is 0 Å². The molecule has 0 saturated carbocycles. The average Bonchev–Trinajstić information content (AvgIpc) is 1.82. The summed E-state index contributed by atoms with van der Waals surface area (Å²) >= 11 is 4.73. The standard InChI is InChI=1S/C7H14N2S/c1-3-4-9-6(2)5-7(8)10/h3,6,9H,1,4-5H2,2H3,(H2,8,10). The molecule has 0 radical (unpaired) electrons. The molecule has 2 nitrogen and oxygen atoms in total. The lowest BCUT2D eigenvalue weighted by molar-refractivity contribution is 0.604. The van der Waals surface area contributed by atoms with Gasteiger partial charge in [0.15, 0.2) is 0 Å². The minimum absolute atomic E-state index is 0.357. The smallest absolute Gasteiger partial charge is 0.0742 e. The van der Waals surface area contributed by atoms with Gasteiger partial charge in [-0.15, -0.1) is 6.58 Å². The summed E-state index contributed by atoms with van der Waals surface area (Å²) in [6, 6.07) is 0.357. The van der Waals surface area contributed by atoms with Crippen LogP contribution in [0.1, 0.15) is 13.3 Å². The maximum absolute atomic E-state index is 5.33. The SMILES string of the molecule is C=CCNC(C)CC(N)=S. The van der Waals surface area contributed by atoms with E-state index in [2.05, 4.69) is 11.9 Å². The molecule has 0 rings (SSSR count). The van der Waals surface area contributed by atoms with Gasteiger partial charge in [0.05, 0.1) is 4.99 Å². The lowest BCUT2D eigenvalue weighted by atomic mass is 10.2. The van der Waals surface area contributed by atoms with Gasteiger partial charge in [-0.2, -0.15) is 0 Å². The van der Waals surface area contributed by atoms with E-state index in [4.69, 9.17) is 18.0 Å². The fourth-order valence-electron chi connectivity index (χ4n) is 0.658. The quantitative estimate of drug-likeness (QED) is 0.460. The first-order chi connectivity index (χ1) is 4.66. The molecule has 10 heavy (non-hydrogen) atoms. The van der Waals surface area contributed by atoms with E-state index in [1.165, 1.54) is 0 Å². The van der Waals surface area contributed by atoms with Gasteiger partial charge in [0.1, 0.15) is 0 Å². The summed E-state index contributed by atoms with van der Waals surface area (Å²) in [5.41, 5.74) is 5.33. The zero-order chi connectivity index (χ0) is 7.98. The van der Waals surface area contributed by atoms with E-state index in [-0.39, 0.29) is 0 Å². The molecule has 0 saturated heterocycles. The highest BCUT2D eigenvalue weighted by atomic mass is 32.1. The summed E-state index contributed by atoms with van der Waals surface area (Å²) in [7, 11) is 0. The van der Waals surface area contributed by atoms with E-state index in [9.17, 15) is 0 Å². The molecular weight excluding hydrogens is 144 g/mol. The van der Waals surface area contributed by atoms with Crippen LogP contribution >= 0.6 is 12.2 Å². The number of hydrogen-bond acceptors (Lipinski definition) is 2. The second-order valence-electron chi connectivity index (χ2n) is 2.27. The van der Waals surface area contributed by atoms with Gasteiger partial charge in [-0.05, 0) is 6.92 Å². The Hall–Kier alpha value is -0.410. The molecule has 0 aromatic heterocycles. The Morgan fingerprint density at radius 2 is 2.50 bits per heavy atom. The first kappa shape index (κ1) is 9.59. The monoisotopic (exact) mass is 158 g/mol. The van der Waals surface area contributed by atoms with Gasteiger partial charge in [0, 0.05) is 19.0 Å². The summed E-state index contributed by atoms with van der Waals surface area (Å²) in [4.78, 5) is 0.559. The molecule has 0 fully saturated rings. The summed E-state index contributed by atoms with van der Waals surface area (Å²) < 4.78 is 0. The zero-order valence-electron chi connectivity index (χ0n) is 6.26. The lowest BCUT2D eigenvalue weighted by Crippen LogP contribution is -2.30. The summed E-state index contributed by atoms with van der Waals surface area (Å²) in [5, 5.41) is 3.18. The zero-order valence-corrected chi connectivity index (χ0v) is 7.08. The molecule has 3 heteroatoms. The van der Waals surface area contributed by atoms with Crippen LogP contribution in [-0.2, 0) is 0 Å². The number of hydrogen-bond donors (Lipinski definition) is 2. The third kappa shape index (κ3) is 5.72. The second kappa shape index (κ2) is 5.38. The van der Waals surface area contributed by atoms with Crippen LogP contribution in [0.25, 0.3) is 0 Å². The Kier molecular flexibility index (Phi) is 5.16. The Morgan fingerprint density at radius 1 is 1.90 bits per heavy atom. The molecule has 3 N–H and O–H groups in total. The van der Waals surface area contributed by atoms with Crippen LogP contribution in [0.5, 0.6) is 0 Å². The molecule has 0 aliphatic carbocycles. The number of nitrogens with one attached hydrogen (secondary N) is 1. The first-order valence-corrected chi connectivity index (χ1v) is 3.70. The molecule has 0 aliphatic heterocycles. The predicted molar refractivity (Wildman–Crippen MR) is 49.1 cm³/mol. The van der Waals surface area contributed by atoms with E-state index in [1.54, 1.807) is 0 Å². The van der Waals surface area contributed by atoms with Crippen molar-refractivity contribution >= 4 is 17.2 Å². The lowest BCUT2D eigenvalue weighted by Gasteiger charge is -2.09. The Balaban J connectivity index is 3.33. The van der Waals surface area contributed by atoms with E-state index in [1.807, 2.05) is 13.0 Å². The predicted octanol–water partition coefficient (Wildman–Crippen LogP) is 0.827. The molecular formula is C7H14N2S. The van der Waals surface area contributed by atoms with Crippen LogP contribution in [0.2, 0.25) is 0 Å². The Morgan fingerprint density at radius 3 is 2.90 bits per heavy atom. The van der Waals surface area contributed by atoms with Crippen LogP contribution in [-0.4, -0.2) is 17.6 Å². The molecule has 0 bridgehead atoms. The van der Waals surface area contributed by atoms with Crippen molar-refractivity contribution in [2.75, 3.05) is 6.54 Å². The molecule has 0 spiro atoms. The van der Waals surface area contributed by atoms with Gasteiger partial charge in [-0.3, -0.25) is 0 Å². The number of rotatable bonds is 5. The van der Waals surface area contributed by atoms with Crippen LogP contribution in [0.3, 0.4) is 0 Å². The summed E-state index contributed by atoms with van der Waals surface area (Å²) in [6.07, 6.45) is 2.57. The highest BCUT2D eigenvalue weighted by Gasteiger charge is 1.99. The maximum atomic E-state index is 5.33. The molecule has 0 heterocycles. The Bertz CT molecular complexity index is 123. The first-order valence-electron chi connectivity index (χ1n) is 3.29. The molecule has 1 unspecified atom stereocenters. The highest BCUT2D eigenvalue weighted by molar-refractivity contribution is 7.80. The van der Waals surface area contributed by atoms with Crippen molar-refractivity contribution in [1.29, 1.82) is 0 Å². The van der Waals surface area contributed by atoms with Crippen LogP contribution in [0.4, 0.5) is 0 Å². The Labute approximate surface area is 67.5 Å². The van der Waals surface area contributed by atoms with Gasteiger partial charge in [-0.1, -0.05) is 18.3 Å². The van der Waals surface area contributed by atoms with Crippen molar-refractivity contribution in [3.63, 3.8) is 0 Å².